The van der Waals surface area contributed by atoms with Gasteiger partial charge >= 0.3 is 6.18 Å². The van der Waals surface area contributed by atoms with Gasteiger partial charge < -0.3 is 9.13 Å². The summed E-state index contributed by atoms with van der Waals surface area (Å²) in [6, 6.07) is 58.6. The Morgan fingerprint density at radius 1 is 0.337 bits per heavy atom. The monoisotopic (exact) mass is 1110 g/mol. The van der Waals surface area contributed by atoms with Crippen LogP contribution in [0.2, 0.25) is 0 Å². The van der Waals surface area contributed by atoms with E-state index in [9.17, 15) is 39.5 Å². The summed E-state index contributed by atoms with van der Waals surface area (Å²) in [6.45, 7) is 39.6. The Morgan fingerprint density at radius 3 is 1.16 bits per heavy atom. The Bertz CT molecular complexity index is 4930. The molecule has 15 heteroatoms. The number of nitriles is 5. The van der Waals surface area contributed by atoms with E-state index in [1.165, 1.54) is 30.3 Å². The summed E-state index contributed by atoms with van der Waals surface area (Å²) >= 11 is 0. The van der Waals surface area contributed by atoms with Crippen LogP contribution in [0.4, 0.5) is 41.6 Å². The SMILES string of the molecule is [C-]#[N+]c1ccc(-c2ccc3c(c2)c2cc(-c4ccc([N+]#[C-])cc4[N+]#[C-])ccc2n3-c2cc(-c3ccc(C(F)(F)F)cc3[N+]#[C-])cc(-n3c4ccc(-c5ccc(C#N)cc5C#N)cc4c4cc(-c5ccc(C#N)cc5[N+]#[C-])ccc43)c2C#N)c(C#N)c1. The fraction of sp³-hybridized carbons (Fsp3) is 0.0141. The maximum Gasteiger partial charge on any atom is 0.415 e. The van der Waals surface area contributed by atoms with Crippen molar-refractivity contribution in [2.24, 2.45) is 0 Å². The van der Waals surface area contributed by atoms with Crippen LogP contribution in [0.15, 0.2) is 176 Å². The number of fused-ring (bicyclic) bond motifs is 6. The number of nitrogens with zero attached hydrogens (tertiary/aromatic N) is 12. The molecule has 0 radical (unpaired) electrons. The number of halogens is 3. The Labute approximate surface area is 488 Å². The lowest BCUT2D eigenvalue weighted by Gasteiger charge is -2.19. The minimum atomic E-state index is -4.79. The Balaban J connectivity index is 1.21. The van der Waals surface area contributed by atoms with Crippen molar-refractivity contribution in [1.82, 2.24) is 9.13 Å². The second-order valence-electron chi connectivity index (χ2n) is 19.8. The predicted octanol–water partition coefficient (Wildman–Crippen LogP) is 19.3. The maximum absolute atomic E-state index is 14.4. The molecule has 0 N–H and O–H groups in total. The van der Waals surface area contributed by atoms with Gasteiger partial charge in [-0.1, -0.05) is 78.9 Å². The van der Waals surface area contributed by atoms with E-state index in [4.69, 9.17) is 32.9 Å². The summed E-state index contributed by atoms with van der Waals surface area (Å²) in [5, 5.41) is 54.5. The van der Waals surface area contributed by atoms with Crippen LogP contribution >= 0.6 is 0 Å². The highest BCUT2D eigenvalue weighted by molar-refractivity contribution is 6.14. The molecule has 0 unspecified atom stereocenters. The van der Waals surface area contributed by atoms with Gasteiger partial charge in [-0.15, -0.1) is 0 Å². The average molecular weight is 1110 g/mol. The molecule has 0 aliphatic rings. The van der Waals surface area contributed by atoms with E-state index in [2.05, 4.69) is 54.6 Å². The van der Waals surface area contributed by atoms with Crippen molar-refractivity contribution in [1.29, 1.82) is 26.3 Å². The van der Waals surface area contributed by atoms with Gasteiger partial charge in [-0.2, -0.15) is 39.5 Å². The van der Waals surface area contributed by atoms with Crippen molar-refractivity contribution in [3.8, 4) is 97.4 Å². The summed E-state index contributed by atoms with van der Waals surface area (Å²) in [6.07, 6.45) is -4.79. The van der Waals surface area contributed by atoms with Crippen LogP contribution in [0.3, 0.4) is 0 Å². The van der Waals surface area contributed by atoms with Gasteiger partial charge in [0.05, 0.1) is 102 Å². The number of rotatable bonds is 7. The van der Waals surface area contributed by atoms with Gasteiger partial charge in [0.15, 0.2) is 28.4 Å². The second-order valence-corrected chi connectivity index (χ2v) is 19.8. The predicted molar refractivity (Wildman–Crippen MR) is 322 cm³/mol. The van der Waals surface area contributed by atoms with Gasteiger partial charge in [0.2, 0.25) is 0 Å². The molecule has 12 rings (SSSR count). The normalized spacial score (nSPS) is 10.8. The van der Waals surface area contributed by atoms with Crippen LogP contribution in [0, 0.1) is 89.5 Å². The van der Waals surface area contributed by atoms with Gasteiger partial charge in [0.1, 0.15) is 11.6 Å². The highest BCUT2D eigenvalue weighted by Crippen LogP contribution is 2.47. The molecule has 12 aromatic rings. The largest absolute Gasteiger partial charge is 0.415 e. The third-order valence-corrected chi connectivity index (χ3v) is 15.2. The highest BCUT2D eigenvalue weighted by atomic mass is 19.4. The topological polar surface area (TPSA) is 151 Å². The van der Waals surface area contributed by atoms with E-state index >= 15 is 0 Å². The number of benzene rings is 10. The maximum atomic E-state index is 14.4. The van der Waals surface area contributed by atoms with Gasteiger partial charge in [-0.25, -0.2) is 24.2 Å². The summed E-state index contributed by atoms with van der Waals surface area (Å²) < 4.78 is 47.0. The summed E-state index contributed by atoms with van der Waals surface area (Å²) in [4.78, 5) is 18.2. The Kier molecular flexibility index (Phi) is 12.9. The van der Waals surface area contributed by atoms with Crippen LogP contribution in [-0.4, -0.2) is 9.13 Å². The number of hydrogen-bond acceptors (Lipinski definition) is 5. The van der Waals surface area contributed by atoms with E-state index in [0.29, 0.717) is 88.1 Å². The quantitative estimate of drug-likeness (QED) is 0.146. The fourth-order valence-electron chi connectivity index (χ4n) is 11.3. The molecule has 12 nitrogen and oxygen atoms in total. The lowest BCUT2D eigenvalue weighted by Crippen LogP contribution is -2.06. The zero-order chi connectivity index (χ0) is 60.1. The molecule has 0 bridgehead atoms. The minimum absolute atomic E-state index is 0.0803. The van der Waals surface area contributed by atoms with Crippen molar-refractivity contribution in [2.45, 2.75) is 6.18 Å². The second kappa shape index (κ2) is 20.9. The molecule has 0 saturated heterocycles. The Morgan fingerprint density at radius 2 is 0.721 bits per heavy atom. The first-order valence-electron chi connectivity index (χ1n) is 25.8. The van der Waals surface area contributed by atoms with Gasteiger partial charge in [0, 0.05) is 38.2 Å². The Hall–Kier alpha value is -13.5. The van der Waals surface area contributed by atoms with Crippen molar-refractivity contribution in [3.05, 3.63) is 266 Å². The first-order valence-corrected chi connectivity index (χ1v) is 25.8. The van der Waals surface area contributed by atoms with Gasteiger partial charge in [-0.3, -0.25) is 0 Å². The first-order chi connectivity index (χ1) is 41.8. The summed E-state index contributed by atoms with van der Waals surface area (Å²) in [5.41, 5.74) is 8.34. The van der Waals surface area contributed by atoms with Crippen molar-refractivity contribution < 1.29 is 13.2 Å². The molecule has 0 fully saturated rings. The van der Waals surface area contributed by atoms with Crippen LogP contribution in [0.5, 0.6) is 0 Å². The van der Waals surface area contributed by atoms with Gasteiger partial charge in [-0.05, 0) is 153 Å². The van der Waals surface area contributed by atoms with Crippen LogP contribution in [-0.2, 0) is 6.18 Å². The number of alkyl halides is 3. The number of hydrogen-bond donors (Lipinski definition) is 0. The van der Waals surface area contributed by atoms with Crippen molar-refractivity contribution in [2.75, 3.05) is 0 Å². The smallest absolute Gasteiger partial charge is 0.308 e. The highest BCUT2D eigenvalue weighted by Gasteiger charge is 2.32. The first kappa shape index (κ1) is 53.1. The molecular formula is C71H29F3N12. The molecular weight excluding hydrogens is 1080 g/mol. The molecule has 394 valence electrons. The standard InChI is InChI=1S/C71H29F3N12/c1-80-50-13-18-53(48(26-50)38-78)43-9-21-66-58(28-43)60-30-45(55-19-14-51(81-2)34-64(55)84-5)11-23-68(60)86(66)70-32-46(56-17-12-49(71(72,73)74)33-63(56)83-4)31-69(61(70)39-79)85-65-20-8-42(52-15-6-40(35-75)24-47(52)37-77)27-57(65)59-29-44(10-22-67(59)85)54-16-7-41(36-76)25-62(54)82-3/h6-34H. The molecule has 0 spiro atoms. The third-order valence-electron chi connectivity index (χ3n) is 15.2. The zero-order valence-electron chi connectivity index (χ0n) is 44.2. The van der Waals surface area contributed by atoms with E-state index in [0.717, 1.165) is 12.1 Å². The fourth-order valence-corrected chi connectivity index (χ4v) is 11.3. The van der Waals surface area contributed by atoms with E-state index in [1.807, 2.05) is 63.7 Å². The molecule has 0 aliphatic carbocycles. The van der Waals surface area contributed by atoms with Crippen LogP contribution in [0.25, 0.3) is 135 Å². The zero-order valence-corrected chi connectivity index (χ0v) is 44.2. The van der Waals surface area contributed by atoms with E-state index in [1.54, 1.807) is 78.9 Å². The lowest BCUT2D eigenvalue weighted by molar-refractivity contribution is -0.137. The molecule has 0 saturated carbocycles. The van der Waals surface area contributed by atoms with E-state index < -0.39 is 11.7 Å². The summed E-state index contributed by atoms with van der Waals surface area (Å²) in [7, 11) is 0. The van der Waals surface area contributed by atoms with Crippen LogP contribution < -0.4 is 0 Å². The molecule has 86 heavy (non-hydrogen) atoms. The van der Waals surface area contributed by atoms with Crippen molar-refractivity contribution >= 4 is 72.0 Å². The van der Waals surface area contributed by atoms with Crippen LogP contribution in [0.1, 0.15) is 33.4 Å². The molecule has 0 atom stereocenters. The molecule has 10 aromatic carbocycles. The van der Waals surface area contributed by atoms with Gasteiger partial charge in [0.25, 0.3) is 0 Å². The molecule has 2 heterocycles. The summed E-state index contributed by atoms with van der Waals surface area (Å²) in [5.74, 6) is 0. The molecule has 0 aliphatic heterocycles. The lowest BCUT2D eigenvalue weighted by atomic mass is 9.96. The third kappa shape index (κ3) is 8.73. The molecule has 0 amide bonds. The van der Waals surface area contributed by atoms with Crippen molar-refractivity contribution in [3.63, 3.8) is 0 Å². The average Bonchev–Trinajstić information content (AvgIpc) is 1.86. The molecule has 2 aromatic heterocycles. The number of aromatic nitrogens is 2. The van der Waals surface area contributed by atoms with E-state index in [-0.39, 0.29) is 78.8 Å². The minimum Gasteiger partial charge on any atom is -0.308 e.